The average Bonchev–Trinajstić information content (AvgIpc) is 3.04. The van der Waals surface area contributed by atoms with E-state index >= 15 is 0 Å². The number of hydrogen-bond donors (Lipinski definition) is 5. The highest BCUT2D eigenvalue weighted by atomic mass is 32.2. The molecular weight excluding hydrogens is 582 g/mol. The minimum atomic E-state index is -3.35. The van der Waals surface area contributed by atoms with Gasteiger partial charge in [-0.25, -0.2) is 23.9 Å². The fourth-order valence-corrected chi connectivity index (χ4v) is 5.52. The summed E-state index contributed by atoms with van der Waals surface area (Å²) in [5.74, 6) is -0.190. The lowest BCUT2D eigenvalue weighted by molar-refractivity contribution is -0.125. The van der Waals surface area contributed by atoms with Gasteiger partial charge in [0, 0.05) is 59.9 Å². The summed E-state index contributed by atoms with van der Waals surface area (Å²) in [5.41, 5.74) is 6.71. The first-order chi connectivity index (χ1) is 21.2. The number of amides is 2. The summed E-state index contributed by atoms with van der Waals surface area (Å²) < 4.78 is 25.3. The Labute approximate surface area is 255 Å². The molecule has 2 amide bonds. The third kappa shape index (κ3) is 8.08. The molecule has 13 heteroatoms. The number of nitrogens with one attached hydrogen (secondary N) is 4. The molecular formula is C31H33N7O5S. The average molecular weight is 616 g/mol. The third-order valence-corrected chi connectivity index (χ3v) is 7.88. The molecule has 0 unspecified atom stereocenters. The highest BCUT2D eigenvalue weighted by Gasteiger charge is 2.25. The summed E-state index contributed by atoms with van der Waals surface area (Å²) in [5, 5.41) is 14.9. The minimum absolute atomic E-state index is 0.0186. The first-order valence-corrected chi connectivity index (χ1v) is 15.9. The molecule has 5 rings (SSSR count). The summed E-state index contributed by atoms with van der Waals surface area (Å²) in [6.45, 7) is 1.90. The molecule has 228 valence electrons. The van der Waals surface area contributed by atoms with Gasteiger partial charge in [-0.1, -0.05) is 24.3 Å². The third-order valence-electron chi connectivity index (χ3n) is 7.28. The van der Waals surface area contributed by atoms with Gasteiger partial charge in [0.2, 0.25) is 21.9 Å². The Hall–Kier alpha value is -5.01. The van der Waals surface area contributed by atoms with Gasteiger partial charge in [-0.15, -0.1) is 0 Å². The number of carbonyl (C=O) groups is 2. The Morgan fingerprint density at radius 1 is 0.909 bits per heavy atom. The molecule has 2 heterocycles. The second-order valence-electron chi connectivity index (χ2n) is 10.5. The van der Waals surface area contributed by atoms with Gasteiger partial charge in [0.25, 0.3) is 5.91 Å². The number of anilines is 4. The number of nitrogens with zero attached hydrogens (tertiary/aromatic N) is 3. The van der Waals surface area contributed by atoms with Crippen molar-refractivity contribution >= 4 is 44.8 Å². The zero-order chi connectivity index (χ0) is 31.1. The molecule has 1 aliphatic rings. The molecule has 1 saturated heterocycles. The van der Waals surface area contributed by atoms with Crippen molar-refractivity contribution in [2.45, 2.75) is 19.4 Å². The van der Waals surface area contributed by atoms with E-state index in [1.807, 2.05) is 24.3 Å². The second-order valence-corrected chi connectivity index (χ2v) is 12.3. The molecule has 0 spiro atoms. The van der Waals surface area contributed by atoms with Gasteiger partial charge >= 0.3 is 0 Å². The summed E-state index contributed by atoms with van der Waals surface area (Å²) in [6, 6.07) is 23.4. The number of hydrogen-bond acceptors (Lipinski definition) is 9. The largest absolute Gasteiger partial charge is 0.371 e. The van der Waals surface area contributed by atoms with E-state index in [9.17, 15) is 18.0 Å². The molecule has 0 aliphatic carbocycles. The molecule has 4 aromatic rings. The standard InChI is InChI=1S/C31H33N7O5S/c1-44(42,43)37-26-8-6-22(7-9-26)28-14-17-32-31(35-28)34-25-10-12-27(13-11-25)38-18-15-24(16-19-38)29(39)33-20-21-2-4-23(5-3-21)30(40)36-41/h2-14,17,24,37,41H,15-16,18-20H2,1H3,(H,33,39)(H,36,40)(H,32,34,35). The number of piperidine rings is 1. The van der Waals surface area contributed by atoms with E-state index in [0.29, 0.717) is 29.4 Å². The first-order valence-electron chi connectivity index (χ1n) is 14.0. The Kier molecular flexibility index (Phi) is 9.36. The van der Waals surface area contributed by atoms with Crippen molar-refractivity contribution in [3.05, 3.63) is 96.2 Å². The quantitative estimate of drug-likeness (QED) is 0.131. The molecule has 0 saturated carbocycles. The number of rotatable bonds is 10. The first kappa shape index (κ1) is 30.4. The Morgan fingerprint density at radius 3 is 2.20 bits per heavy atom. The van der Waals surface area contributed by atoms with Crippen molar-refractivity contribution in [2.75, 3.05) is 34.3 Å². The van der Waals surface area contributed by atoms with Crippen LogP contribution in [0.5, 0.6) is 0 Å². The lowest BCUT2D eigenvalue weighted by Gasteiger charge is -2.33. The molecule has 3 aromatic carbocycles. The molecule has 12 nitrogen and oxygen atoms in total. The molecule has 0 radical (unpaired) electrons. The molecule has 1 aromatic heterocycles. The Bertz CT molecular complexity index is 1710. The van der Waals surface area contributed by atoms with E-state index in [1.54, 1.807) is 66.3 Å². The normalized spacial score (nSPS) is 13.6. The van der Waals surface area contributed by atoms with Gasteiger partial charge in [0.15, 0.2) is 0 Å². The molecule has 1 aliphatic heterocycles. The number of carbonyl (C=O) groups excluding carboxylic acids is 2. The van der Waals surface area contributed by atoms with Crippen molar-refractivity contribution in [1.82, 2.24) is 20.8 Å². The van der Waals surface area contributed by atoms with Crippen LogP contribution in [0.4, 0.5) is 23.0 Å². The Balaban J connectivity index is 1.11. The maximum Gasteiger partial charge on any atom is 0.274 e. The highest BCUT2D eigenvalue weighted by Crippen LogP contribution is 2.26. The SMILES string of the molecule is CS(=O)(=O)Nc1ccc(-c2ccnc(Nc3ccc(N4CCC(C(=O)NCc5ccc(C(=O)NO)cc5)CC4)cc3)n2)cc1. The van der Waals surface area contributed by atoms with Gasteiger partial charge in [-0.3, -0.25) is 19.5 Å². The van der Waals surface area contributed by atoms with Crippen molar-refractivity contribution in [3.8, 4) is 11.3 Å². The summed E-state index contributed by atoms with van der Waals surface area (Å²) in [4.78, 5) is 35.4. The van der Waals surface area contributed by atoms with Crippen LogP contribution in [0.25, 0.3) is 11.3 Å². The van der Waals surface area contributed by atoms with E-state index < -0.39 is 15.9 Å². The number of sulfonamides is 1. The smallest absolute Gasteiger partial charge is 0.274 e. The van der Waals surface area contributed by atoms with Crippen molar-refractivity contribution in [2.24, 2.45) is 5.92 Å². The van der Waals surface area contributed by atoms with Gasteiger partial charge in [0.1, 0.15) is 0 Å². The van der Waals surface area contributed by atoms with Crippen LogP contribution in [0, 0.1) is 5.92 Å². The van der Waals surface area contributed by atoms with Crippen LogP contribution < -0.4 is 25.7 Å². The van der Waals surface area contributed by atoms with Crippen molar-refractivity contribution in [1.29, 1.82) is 0 Å². The van der Waals surface area contributed by atoms with E-state index in [-0.39, 0.29) is 11.8 Å². The predicted molar refractivity (Wildman–Crippen MR) is 168 cm³/mol. The molecule has 5 N–H and O–H groups in total. The van der Waals surface area contributed by atoms with Gasteiger partial charge < -0.3 is 15.5 Å². The van der Waals surface area contributed by atoms with E-state index in [2.05, 4.69) is 30.2 Å². The number of aromatic nitrogens is 2. The van der Waals surface area contributed by atoms with Crippen LogP contribution in [0.15, 0.2) is 85.1 Å². The van der Waals surface area contributed by atoms with Gasteiger partial charge in [-0.2, -0.15) is 0 Å². The minimum Gasteiger partial charge on any atom is -0.371 e. The van der Waals surface area contributed by atoms with Gasteiger partial charge in [0.05, 0.1) is 11.9 Å². The Morgan fingerprint density at radius 2 is 1.57 bits per heavy atom. The molecule has 1 fully saturated rings. The fourth-order valence-electron chi connectivity index (χ4n) is 4.96. The second kappa shape index (κ2) is 13.5. The van der Waals surface area contributed by atoms with Crippen LogP contribution in [0.3, 0.4) is 0 Å². The summed E-state index contributed by atoms with van der Waals surface area (Å²) in [6.07, 6.45) is 4.26. The lowest BCUT2D eigenvalue weighted by atomic mass is 9.95. The van der Waals surface area contributed by atoms with E-state index in [0.717, 1.165) is 54.7 Å². The molecule has 0 bridgehead atoms. The highest BCUT2D eigenvalue weighted by molar-refractivity contribution is 7.92. The molecule has 0 atom stereocenters. The van der Waals surface area contributed by atoms with Crippen molar-refractivity contribution in [3.63, 3.8) is 0 Å². The van der Waals surface area contributed by atoms with Crippen LogP contribution in [-0.4, -0.2) is 54.8 Å². The van der Waals surface area contributed by atoms with Crippen LogP contribution >= 0.6 is 0 Å². The van der Waals surface area contributed by atoms with Crippen LogP contribution in [-0.2, 0) is 21.4 Å². The maximum atomic E-state index is 12.8. The monoisotopic (exact) mass is 615 g/mol. The summed E-state index contributed by atoms with van der Waals surface area (Å²) >= 11 is 0. The predicted octanol–water partition coefficient (Wildman–Crippen LogP) is 3.91. The van der Waals surface area contributed by atoms with Crippen LogP contribution in [0.2, 0.25) is 0 Å². The zero-order valence-electron chi connectivity index (χ0n) is 24.0. The zero-order valence-corrected chi connectivity index (χ0v) is 24.8. The van der Waals surface area contributed by atoms with Crippen molar-refractivity contribution < 1.29 is 23.2 Å². The van der Waals surface area contributed by atoms with Gasteiger partial charge in [-0.05, 0) is 73.0 Å². The molecule has 44 heavy (non-hydrogen) atoms. The fraction of sp³-hybridized carbons (Fsp3) is 0.226. The van der Waals surface area contributed by atoms with E-state index in [4.69, 9.17) is 5.21 Å². The summed E-state index contributed by atoms with van der Waals surface area (Å²) in [7, 11) is -3.35. The number of hydroxylamine groups is 1. The maximum absolute atomic E-state index is 12.8. The van der Waals surface area contributed by atoms with Crippen LogP contribution in [0.1, 0.15) is 28.8 Å². The van der Waals surface area contributed by atoms with E-state index in [1.165, 1.54) is 0 Å². The number of benzene rings is 3. The topological polar surface area (TPSA) is 166 Å². The lowest BCUT2D eigenvalue weighted by Crippen LogP contribution is -2.40.